The first-order valence-corrected chi connectivity index (χ1v) is 6.80. The highest BCUT2D eigenvalue weighted by atomic mass is 79.9. The number of fused-ring (bicyclic) bond motifs is 1. The number of hydrogen-bond donors (Lipinski definition) is 2. The van der Waals surface area contributed by atoms with Gasteiger partial charge >= 0.3 is 0 Å². The quantitative estimate of drug-likeness (QED) is 0.487. The van der Waals surface area contributed by atoms with Crippen molar-refractivity contribution in [1.29, 1.82) is 0 Å². The summed E-state index contributed by atoms with van der Waals surface area (Å²) in [5.41, 5.74) is 13.0. The molecule has 0 unspecified atom stereocenters. The van der Waals surface area contributed by atoms with Crippen molar-refractivity contribution in [2.45, 2.75) is 6.54 Å². The van der Waals surface area contributed by atoms with E-state index in [1.54, 1.807) is 19.2 Å². The standard InChI is InChI=1S/C12H12BrN3O2.C2H5N/c1-6(11(15)17)4-16-5-9-8(12(16)18)2-7(14)3-10(9)13;1-3-2/h2-3H,1,4-5,14H2,(H2,15,17);1H2,2H3. The summed E-state index contributed by atoms with van der Waals surface area (Å²) in [7, 11) is 1.64. The summed E-state index contributed by atoms with van der Waals surface area (Å²) in [6, 6.07) is 3.38. The second kappa shape index (κ2) is 7.03. The van der Waals surface area contributed by atoms with Crippen molar-refractivity contribution in [3.8, 4) is 0 Å². The maximum absolute atomic E-state index is 12.1. The molecule has 1 aromatic rings. The van der Waals surface area contributed by atoms with Gasteiger partial charge in [-0.05, 0) is 24.4 Å². The number of benzene rings is 1. The molecule has 1 heterocycles. The first-order valence-electron chi connectivity index (χ1n) is 6.01. The first-order chi connectivity index (χ1) is 9.81. The zero-order valence-electron chi connectivity index (χ0n) is 11.7. The Morgan fingerprint density at radius 2 is 2.10 bits per heavy atom. The van der Waals surface area contributed by atoms with Crippen molar-refractivity contribution in [3.05, 3.63) is 39.9 Å². The molecule has 21 heavy (non-hydrogen) atoms. The zero-order valence-corrected chi connectivity index (χ0v) is 13.3. The number of anilines is 1. The van der Waals surface area contributed by atoms with Crippen molar-refractivity contribution < 1.29 is 9.59 Å². The third kappa shape index (κ3) is 3.91. The monoisotopic (exact) mass is 352 g/mol. The summed E-state index contributed by atoms with van der Waals surface area (Å²) >= 11 is 3.38. The van der Waals surface area contributed by atoms with Gasteiger partial charge in [0.1, 0.15) is 0 Å². The van der Waals surface area contributed by atoms with Gasteiger partial charge in [-0.15, -0.1) is 0 Å². The van der Waals surface area contributed by atoms with E-state index in [9.17, 15) is 9.59 Å². The van der Waals surface area contributed by atoms with Gasteiger partial charge in [-0.3, -0.25) is 9.59 Å². The summed E-state index contributed by atoms with van der Waals surface area (Å²) in [5, 5.41) is 0. The molecule has 4 N–H and O–H groups in total. The van der Waals surface area contributed by atoms with Crippen LogP contribution >= 0.6 is 15.9 Å². The molecule has 0 aromatic heterocycles. The normalized spacial score (nSPS) is 12.3. The van der Waals surface area contributed by atoms with Crippen LogP contribution in [0.5, 0.6) is 0 Å². The summed E-state index contributed by atoms with van der Waals surface area (Å²) in [6.07, 6.45) is 0. The number of hydrogen-bond acceptors (Lipinski definition) is 4. The summed E-state index contributed by atoms with van der Waals surface area (Å²) in [4.78, 5) is 27.8. The molecule has 2 amide bonds. The fourth-order valence-electron chi connectivity index (χ4n) is 1.88. The van der Waals surface area contributed by atoms with Crippen molar-refractivity contribution in [1.82, 2.24) is 4.90 Å². The molecule has 0 saturated carbocycles. The molecule has 112 valence electrons. The van der Waals surface area contributed by atoms with Gasteiger partial charge in [0.15, 0.2) is 0 Å². The number of nitrogens with zero attached hydrogens (tertiary/aromatic N) is 2. The maximum atomic E-state index is 12.1. The van der Waals surface area contributed by atoms with Crippen molar-refractivity contribution in [2.24, 2.45) is 10.7 Å². The van der Waals surface area contributed by atoms with Crippen LogP contribution in [-0.4, -0.2) is 37.0 Å². The molecular weight excluding hydrogens is 336 g/mol. The predicted octanol–water partition coefficient (Wildman–Crippen LogP) is 1.35. The largest absolute Gasteiger partial charge is 0.399 e. The number of nitrogen functional groups attached to an aromatic ring is 1. The van der Waals surface area contributed by atoms with E-state index in [1.165, 1.54) is 4.90 Å². The molecule has 0 spiro atoms. The number of nitrogens with two attached hydrogens (primary N) is 2. The Balaban J connectivity index is 0.000000677. The predicted molar refractivity (Wildman–Crippen MR) is 87.1 cm³/mol. The lowest BCUT2D eigenvalue weighted by atomic mass is 10.1. The number of carbonyl (C=O) groups is 2. The lowest BCUT2D eigenvalue weighted by molar-refractivity contribution is -0.114. The Hall–Kier alpha value is -2.15. The smallest absolute Gasteiger partial charge is 0.254 e. The molecule has 2 rings (SSSR count). The minimum atomic E-state index is -0.600. The second-order valence-electron chi connectivity index (χ2n) is 4.47. The summed E-state index contributed by atoms with van der Waals surface area (Å²) < 4.78 is 0.790. The highest BCUT2D eigenvalue weighted by Crippen LogP contribution is 2.31. The van der Waals surface area contributed by atoms with Gasteiger partial charge < -0.3 is 21.4 Å². The van der Waals surface area contributed by atoms with E-state index in [1.807, 2.05) is 0 Å². The fourth-order valence-corrected chi connectivity index (χ4v) is 2.48. The van der Waals surface area contributed by atoms with Gasteiger partial charge in [-0.2, -0.15) is 0 Å². The van der Waals surface area contributed by atoms with E-state index >= 15 is 0 Å². The molecule has 1 aromatic carbocycles. The number of carbonyl (C=O) groups excluding carboxylic acids is 2. The molecule has 6 nitrogen and oxygen atoms in total. The molecule has 7 heteroatoms. The van der Waals surface area contributed by atoms with E-state index in [4.69, 9.17) is 11.5 Å². The number of aliphatic imine (C=N–C) groups is 1. The van der Waals surface area contributed by atoms with Gasteiger partial charge in [0.05, 0.1) is 6.54 Å². The average molecular weight is 353 g/mol. The molecule has 0 radical (unpaired) electrons. The van der Waals surface area contributed by atoms with Crippen LogP contribution in [-0.2, 0) is 11.3 Å². The Morgan fingerprint density at radius 3 is 2.62 bits per heavy atom. The Labute approximate surface area is 131 Å². The highest BCUT2D eigenvalue weighted by Gasteiger charge is 2.30. The van der Waals surface area contributed by atoms with E-state index in [-0.39, 0.29) is 18.0 Å². The molecule has 0 atom stereocenters. The number of halogens is 1. The second-order valence-corrected chi connectivity index (χ2v) is 5.33. The van der Waals surface area contributed by atoms with Crippen LogP contribution in [0.2, 0.25) is 0 Å². The van der Waals surface area contributed by atoms with Crippen LogP contribution in [0.4, 0.5) is 5.69 Å². The molecule has 0 aliphatic carbocycles. The minimum absolute atomic E-state index is 0.134. The molecule has 0 bridgehead atoms. The van der Waals surface area contributed by atoms with E-state index < -0.39 is 5.91 Å². The van der Waals surface area contributed by atoms with Crippen molar-refractivity contribution in [3.63, 3.8) is 0 Å². The van der Waals surface area contributed by atoms with Gasteiger partial charge in [0.25, 0.3) is 5.91 Å². The van der Waals surface area contributed by atoms with Crippen LogP contribution in [0.1, 0.15) is 15.9 Å². The summed E-state index contributed by atoms with van der Waals surface area (Å²) in [5.74, 6) is -0.766. The number of rotatable bonds is 3. The van der Waals surface area contributed by atoms with Crippen LogP contribution in [0.15, 0.2) is 33.7 Å². The lowest BCUT2D eigenvalue weighted by Crippen LogP contribution is -2.30. The van der Waals surface area contributed by atoms with Crippen LogP contribution < -0.4 is 11.5 Å². The zero-order chi connectivity index (χ0) is 16.2. The number of amides is 2. The van der Waals surface area contributed by atoms with Crippen molar-refractivity contribution in [2.75, 3.05) is 19.3 Å². The van der Waals surface area contributed by atoms with Gasteiger partial charge in [0, 0.05) is 34.9 Å². The third-order valence-corrected chi connectivity index (χ3v) is 3.52. The Morgan fingerprint density at radius 1 is 1.52 bits per heavy atom. The third-order valence-electron chi connectivity index (χ3n) is 2.81. The first kappa shape index (κ1) is 16.9. The number of primary amides is 1. The fraction of sp³-hybridized carbons (Fsp3) is 0.214. The molecule has 1 aliphatic heterocycles. The molecular formula is C14H17BrN4O2. The lowest BCUT2D eigenvalue weighted by Gasteiger charge is -2.15. The minimum Gasteiger partial charge on any atom is -0.399 e. The SMILES string of the molecule is C=C(CN1Cc2c(Br)cc(N)cc2C1=O)C(N)=O.C=NC. The van der Waals surface area contributed by atoms with Crippen molar-refractivity contribution >= 4 is 40.1 Å². The molecule has 0 fully saturated rings. The topological polar surface area (TPSA) is 102 Å². The summed E-state index contributed by atoms with van der Waals surface area (Å²) in [6.45, 7) is 7.21. The van der Waals surface area contributed by atoms with E-state index in [0.717, 1.165) is 10.0 Å². The highest BCUT2D eigenvalue weighted by molar-refractivity contribution is 9.10. The Bertz CT molecular complexity index is 613. The van der Waals surface area contributed by atoms with E-state index in [2.05, 4.69) is 34.2 Å². The Kier molecular flexibility index (Phi) is 5.66. The van der Waals surface area contributed by atoms with E-state index in [0.29, 0.717) is 17.8 Å². The average Bonchev–Trinajstić information content (AvgIpc) is 2.68. The molecule has 0 saturated heterocycles. The van der Waals surface area contributed by atoms with Gasteiger partial charge in [-0.25, -0.2) is 0 Å². The van der Waals surface area contributed by atoms with Crippen LogP contribution in [0.25, 0.3) is 0 Å². The van der Waals surface area contributed by atoms with Crippen LogP contribution in [0.3, 0.4) is 0 Å². The molecule has 1 aliphatic rings. The maximum Gasteiger partial charge on any atom is 0.254 e. The van der Waals surface area contributed by atoms with Gasteiger partial charge in [0.2, 0.25) is 5.91 Å². The van der Waals surface area contributed by atoms with Gasteiger partial charge in [-0.1, -0.05) is 22.5 Å². The van der Waals surface area contributed by atoms with Crippen LogP contribution in [0, 0.1) is 0 Å².